The summed E-state index contributed by atoms with van der Waals surface area (Å²) in [7, 11) is 1.62. The van der Waals surface area contributed by atoms with Gasteiger partial charge in [-0.25, -0.2) is 4.98 Å². The number of anilines is 1. The van der Waals surface area contributed by atoms with Crippen LogP contribution >= 0.6 is 11.3 Å². The molecule has 1 aromatic heterocycles. The molecule has 17 heavy (non-hydrogen) atoms. The molecule has 4 nitrogen and oxygen atoms in total. The van der Waals surface area contributed by atoms with Crippen molar-refractivity contribution in [1.82, 2.24) is 10.3 Å². The molecule has 2 N–H and O–H groups in total. The van der Waals surface area contributed by atoms with Gasteiger partial charge in [0.05, 0.1) is 17.7 Å². The van der Waals surface area contributed by atoms with E-state index in [0.717, 1.165) is 11.4 Å². The number of amides is 1. The number of hydrogen-bond acceptors (Lipinski definition) is 4. The van der Waals surface area contributed by atoms with Crippen LogP contribution in [0.2, 0.25) is 0 Å². The van der Waals surface area contributed by atoms with Crippen molar-refractivity contribution in [3.8, 4) is 0 Å². The van der Waals surface area contributed by atoms with Crippen molar-refractivity contribution < 1.29 is 4.79 Å². The van der Waals surface area contributed by atoms with Gasteiger partial charge < -0.3 is 10.6 Å². The van der Waals surface area contributed by atoms with E-state index >= 15 is 0 Å². The number of benzene rings is 1. The Hall–Kier alpha value is -1.88. The van der Waals surface area contributed by atoms with Gasteiger partial charge in [-0.05, 0) is 18.2 Å². The average Bonchev–Trinajstić information content (AvgIpc) is 2.89. The highest BCUT2D eigenvalue weighted by atomic mass is 32.1. The Morgan fingerprint density at radius 2 is 2.35 bits per heavy atom. The van der Waals surface area contributed by atoms with E-state index < -0.39 is 0 Å². The van der Waals surface area contributed by atoms with E-state index in [1.165, 1.54) is 0 Å². The summed E-state index contributed by atoms with van der Waals surface area (Å²) >= 11 is 1.57. The molecule has 88 valence electrons. The molecule has 5 heteroatoms. The number of nitrogens with zero attached hydrogens (tertiary/aromatic N) is 1. The Kier molecular flexibility index (Phi) is 3.72. The molecular formula is C12H13N3OS. The zero-order valence-corrected chi connectivity index (χ0v) is 10.3. The van der Waals surface area contributed by atoms with Crippen LogP contribution in [-0.4, -0.2) is 17.9 Å². The summed E-state index contributed by atoms with van der Waals surface area (Å²) in [4.78, 5) is 15.6. The Morgan fingerprint density at radius 1 is 1.47 bits per heavy atom. The summed E-state index contributed by atoms with van der Waals surface area (Å²) in [5, 5.41) is 7.83. The second kappa shape index (κ2) is 5.45. The van der Waals surface area contributed by atoms with Crippen LogP contribution < -0.4 is 10.6 Å². The molecule has 1 heterocycles. The molecule has 0 spiro atoms. The Bertz CT molecular complexity index is 496. The van der Waals surface area contributed by atoms with Crippen LogP contribution in [0.25, 0.3) is 0 Å². The van der Waals surface area contributed by atoms with Crippen molar-refractivity contribution in [2.75, 3.05) is 12.4 Å². The predicted molar refractivity (Wildman–Crippen MR) is 69.3 cm³/mol. The minimum Gasteiger partial charge on any atom is -0.379 e. The molecule has 0 saturated heterocycles. The molecule has 0 fully saturated rings. The highest BCUT2D eigenvalue weighted by Gasteiger charge is 2.03. The lowest BCUT2D eigenvalue weighted by Crippen LogP contribution is -2.17. The highest BCUT2D eigenvalue weighted by Crippen LogP contribution is 2.12. The first-order valence-corrected chi connectivity index (χ1v) is 6.17. The lowest BCUT2D eigenvalue weighted by atomic mass is 10.2. The third-order valence-corrected chi connectivity index (χ3v) is 2.94. The molecule has 1 aromatic carbocycles. The summed E-state index contributed by atoms with van der Waals surface area (Å²) in [5.41, 5.74) is 4.37. The lowest BCUT2D eigenvalue weighted by Gasteiger charge is -2.06. The van der Waals surface area contributed by atoms with Crippen LogP contribution in [0.3, 0.4) is 0 Å². The third kappa shape index (κ3) is 3.04. The molecule has 2 aromatic rings. The minimum absolute atomic E-state index is 0.0812. The van der Waals surface area contributed by atoms with Gasteiger partial charge >= 0.3 is 0 Å². The van der Waals surface area contributed by atoms with Crippen molar-refractivity contribution in [3.63, 3.8) is 0 Å². The topological polar surface area (TPSA) is 54.0 Å². The second-order valence-corrected chi connectivity index (χ2v) is 4.21. The first-order valence-electron chi connectivity index (χ1n) is 5.22. The zero-order chi connectivity index (χ0) is 12.1. The quantitative estimate of drug-likeness (QED) is 0.870. The number of thiazole rings is 1. The largest absolute Gasteiger partial charge is 0.379 e. The van der Waals surface area contributed by atoms with Gasteiger partial charge in [0.2, 0.25) is 0 Å². The van der Waals surface area contributed by atoms with Crippen molar-refractivity contribution in [2.24, 2.45) is 0 Å². The van der Waals surface area contributed by atoms with Crippen LogP contribution in [0, 0.1) is 0 Å². The summed E-state index contributed by atoms with van der Waals surface area (Å²) in [5.74, 6) is -0.0812. The van der Waals surface area contributed by atoms with Gasteiger partial charge in [-0.2, -0.15) is 0 Å². The molecule has 1 amide bonds. The molecule has 0 aliphatic heterocycles. The number of rotatable bonds is 4. The monoisotopic (exact) mass is 247 g/mol. The molecule has 2 rings (SSSR count). The van der Waals surface area contributed by atoms with E-state index in [-0.39, 0.29) is 5.91 Å². The number of aromatic nitrogens is 1. The van der Waals surface area contributed by atoms with Gasteiger partial charge in [-0.1, -0.05) is 6.07 Å². The van der Waals surface area contributed by atoms with Crippen LogP contribution in [0.1, 0.15) is 16.1 Å². The summed E-state index contributed by atoms with van der Waals surface area (Å²) in [6.07, 6.45) is 0. The second-order valence-electron chi connectivity index (χ2n) is 3.49. The molecule has 0 aliphatic rings. The fourth-order valence-electron chi connectivity index (χ4n) is 1.43. The summed E-state index contributed by atoms with van der Waals surface area (Å²) in [6.45, 7) is 0.667. The number of nitrogens with one attached hydrogen (secondary N) is 2. The molecule has 0 unspecified atom stereocenters. The van der Waals surface area contributed by atoms with Gasteiger partial charge in [-0.3, -0.25) is 4.79 Å². The summed E-state index contributed by atoms with van der Waals surface area (Å²) in [6, 6.07) is 7.39. The normalized spacial score (nSPS) is 9.94. The Balaban J connectivity index is 2.03. The van der Waals surface area contributed by atoms with E-state index in [4.69, 9.17) is 0 Å². The maximum absolute atomic E-state index is 11.4. The standard InChI is InChI=1S/C12H13N3OS/c1-13-12(16)9-3-2-4-10(5-9)14-6-11-7-17-8-15-11/h2-5,7-8,14H,6H2,1H3,(H,13,16). The minimum atomic E-state index is -0.0812. The zero-order valence-electron chi connectivity index (χ0n) is 9.43. The van der Waals surface area contributed by atoms with Gasteiger partial charge in [0, 0.05) is 23.7 Å². The SMILES string of the molecule is CNC(=O)c1cccc(NCc2cscn2)c1. The van der Waals surface area contributed by atoms with Crippen LogP contribution in [0.4, 0.5) is 5.69 Å². The smallest absolute Gasteiger partial charge is 0.251 e. The van der Waals surface area contributed by atoms with E-state index in [0.29, 0.717) is 12.1 Å². The number of carbonyl (C=O) groups is 1. The van der Waals surface area contributed by atoms with Crippen molar-refractivity contribution >= 4 is 22.9 Å². The summed E-state index contributed by atoms with van der Waals surface area (Å²) < 4.78 is 0. The fraction of sp³-hybridized carbons (Fsp3) is 0.167. The maximum atomic E-state index is 11.4. The van der Waals surface area contributed by atoms with E-state index in [2.05, 4.69) is 15.6 Å². The van der Waals surface area contributed by atoms with Gasteiger partial charge in [0.1, 0.15) is 0 Å². The third-order valence-electron chi connectivity index (χ3n) is 2.31. The van der Waals surface area contributed by atoms with E-state index in [9.17, 15) is 4.79 Å². The highest BCUT2D eigenvalue weighted by molar-refractivity contribution is 7.07. The van der Waals surface area contributed by atoms with Crippen LogP contribution in [0.15, 0.2) is 35.2 Å². The Morgan fingerprint density at radius 3 is 3.06 bits per heavy atom. The molecule has 0 atom stereocenters. The average molecular weight is 247 g/mol. The van der Waals surface area contributed by atoms with Crippen molar-refractivity contribution in [2.45, 2.75) is 6.54 Å². The van der Waals surface area contributed by atoms with E-state index in [1.807, 2.05) is 23.6 Å². The van der Waals surface area contributed by atoms with Crippen LogP contribution in [-0.2, 0) is 6.54 Å². The van der Waals surface area contributed by atoms with Gasteiger partial charge in [0.25, 0.3) is 5.91 Å². The Labute approximate surface area is 104 Å². The molecule has 0 saturated carbocycles. The van der Waals surface area contributed by atoms with Crippen LogP contribution in [0.5, 0.6) is 0 Å². The first kappa shape index (κ1) is 11.6. The fourth-order valence-corrected chi connectivity index (χ4v) is 1.99. The number of carbonyl (C=O) groups excluding carboxylic acids is 1. The molecular weight excluding hydrogens is 234 g/mol. The van der Waals surface area contributed by atoms with Gasteiger partial charge in [0.15, 0.2) is 0 Å². The number of hydrogen-bond donors (Lipinski definition) is 2. The lowest BCUT2D eigenvalue weighted by molar-refractivity contribution is 0.0963. The predicted octanol–water partition coefficient (Wildman–Crippen LogP) is 2.11. The maximum Gasteiger partial charge on any atom is 0.251 e. The molecule has 0 bridgehead atoms. The first-order chi connectivity index (χ1) is 8.29. The van der Waals surface area contributed by atoms with E-state index in [1.54, 1.807) is 30.0 Å². The molecule has 0 radical (unpaired) electrons. The van der Waals surface area contributed by atoms with Gasteiger partial charge in [-0.15, -0.1) is 11.3 Å². The van der Waals surface area contributed by atoms with Crippen molar-refractivity contribution in [3.05, 3.63) is 46.4 Å². The molecule has 0 aliphatic carbocycles. The van der Waals surface area contributed by atoms with Crippen molar-refractivity contribution in [1.29, 1.82) is 0 Å².